The number of fused-ring (bicyclic) bond motifs is 2. The van der Waals surface area contributed by atoms with Crippen molar-refractivity contribution in [1.82, 2.24) is 4.90 Å². The molecule has 4 heteroatoms. The van der Waals surface area contributed by atoms with Gasteiger partial charge in [0.15, 0.2) is 0 Å². The van der Waals surface area contributed by atoms with Crippen LogP contribution in [0.1, 0.15) is 30.0 Å². The summed E-state index contributed by atoms with van der Waals surface area (Å²) in [6, 6.07) is 13.8. The molecule has 1 aliphatic heterocycles. The Balaban J connectivity index is 2.08. The summed E-state index contributed by atoms with van der Waals surface area (Å²) in [4.78, 5) is 13.5. The van der Waals surface area contributed by atoms with E-state index in [2.05, 4.69) is 37.2 Å². The summed E-state index contributed by atoms with van der Waals surface area (Å²) < 4.78 is 11.3. The van der Waals surface area contributed by atoms with Crippen molar-refractivity contribution in [2.75, 3.05) is 20.6 Å². The number of hydrogen-bond donors (Lipinski definition) is 0. The summed E-state index contributed by atoms with van der Waals surface area (Å²) in [5.41, 5.74) is 4.41. The molecule has 0 atom stereocenters. The minimum Gasteiger partial charge on any atom is -0.488 e. The van der Waals surface area contributed by atoms with E-state index < -0.39 is 0 Å². The van der Waals surface area contributed by atoms with Gasteiger partial charge in [-0.3, -0.25) is 4.79 Å². The van der Waals surface area contributed by atoms with Gasteiger partial charge in [-0.2, -0.15) is 0 Å². The first-order valence-electron chi connectivity index (χ1n) is 8.43. The Morgan fingerprint density at radius 3 is 2.76 bits per heavy atom. The molecule has 25 heavy (non-hydrogen) atoms. The minimum atomic E-state index is -0.326. The molecule has 2 aromatic rings. The Morgan fingerprint density at radius 2 is 2.00 bits per heavy atom. The van der Waals surface area contributed by atoms with Gasteiger partial charge in [0, 0.05) is 19.0 Å². The van der Waals surface area contributed by atoms with Crippen molar-refractivity contribution in [2.45, 2.75) is 20.0 Å². The van der Waals surface area contributed by atoms with E-state index in [-0.39, 0.29) is 5.97 Å². The quantitative estimate of drug-likeness (QED) is 0.627. The third kappa shape index (κ3) is 4.09. The van der Waals surface area contributed by atoms with Crippen molar-refractivity contribution in [3.63, 3.8) is 0 Å². The maximum Gasteiger partial charge on any atom is 0.308 e. The predicted octanol–water partition coefficient (Wildman–Crippen LogP) is 3.89. The maximum absolute atomic E-state index is 11.3. The Hall–Kier alpha value is -2.59. The number of carbonyl (C=O) groups is 1. The van der Waals surface area contributed by atoms with Crippen LogP contribution in [0.4, 0.5) is 0 Å². The second kappa shape index (κ2) is 7.53. The number of carbonyl (C=O) groups excluding carboxylic acids is 1. The highest BCUT2D eigenvalue weighted by Crippen LogP contribution is 2.38. The molecule has 3 rings (SSSR count). The molecule has 0 spiro atoms. The van der Waals surface area contributed by atoms with Gasteiger partial charge in [-0.25, -0.2) is 0 Å². The molecule has 0 bridgehead atoms. The third-order valence-electron chi connectivity index (χ3n) is 4.12. The molecule has 0 saturated heterocycles. The fourth-order valence-electron chi connectivity index (χ4n) is 2.97. The van der Waals surface area contributed by atoms with Gasteiger partial charge in [0.05, 0.1) is 0 Å². The summed E-state index contributed by atoms with van der Waals surface area (Å²) in [6.07, 6.45) is 3.16. The van der Waals surface area contributed by atoms with Crippen LogP contribution in [0.3, 0.4) is 0 Å². The largest absolute Gasteiger partial charge is 0.488 e. The van der Waals surface area contributed by atoms with Crippen molar-refractivity contribution in [1.29, 1.82) is 0 Å². The Bertz CT molecular complexity index is 809. The van der Waals surface area contributed by atoms with Crippen LogP contribution in [0.5, 0.6) is 11.5 Å². The average molecular weight is 337 g/mol. The van der Waals surface area contributed by atoms with Crippen molar-refractivity contribution >= 4 is 11.5 Å². The van der Waals surface area contributed by atoms with E-state index >= 15 is 0 Å². The highest BCUT2D eigenvalue weighted by atomic mass is 16.5. The number of hydrogen-bond acceptors (Lipinski definition) is 4. The van der Waals surface area contributed by atoms with E-state index in [1.165, 1.54) is 12.5 Å². The van der Waals surface area contributed by atoms with Crippen molar-refractivity contribution < 1.29 is 14.3 Å². The lowest BCUT2D eigenvalue weighted by atomic mass is 9.93. The molecular formula is C21H23NO3. The Labute approximate surface area is 148 Å². The average Bonchev–Trinajstić information content (AvgIpc) is 2.72. The van der Waals surface area contributed by atoms with Crippen LogP contribution < -0.4 is 9.47 Å². The van der Waals surface area contributed by atoms with Crippen LogP contribution in [0, 0.1) is 0 Å². The molecule has 4 nitrogen and oxygen atoms in total. The first kappa shape index (κ1) is 17.2. The van der Waals surface area contributed by atoms with E-state index in [9.17, 15) is 4.79 Å². The zero-order valence-corrected chi connectivity index (χ0v) is 14.9. The molecule has 0 N–H and O–H groups in total. The van der Waals surface area contributed by atoms with Gasteiger partial charge in [-0.15, -0.1) is 0 Å². The van der Waals surface area contributed by atoms with E-state index in [0.717, 1.165) is 35.4 Å². The summed E-state index contributed by atoms with van der Waals surface area (Å²) in [5, 5.41) is 0. The predicted molar refractivity (Wildman–Crippen MR) is 98.8 cm³/mol. The fourth-order valence-corrected chi connectivity index (χ4v) is 2.97. The van der Waals surface area contributed by atoms with Crippen molar-refractivity contribution in [3.05, 3.63) is 65.2 Å². The molecule has 0 aromatic heterocycles. The molecule has 0 aliphatic carbocycles. The number of nitrogens with zero attached hydrogens (tertiary/aromatic N) is 1. The lowest BCUT2D eigenvalue weighted by molar-refractivity contribution is -0.131. The third-order valence-corrected chi connectivity index (χ3v) is 4.12. The number of ether oxygens (including phenoxy) is 2. The monoisotopic (exact) mass is 337 g/mol. The van der Waals surface area contributed by atoms with Crippen LogP contribution >= 0.6 is 0 Å². The topological polar surface area (TPSA) is 38.8 Å². The molecule has 0 fully saturated rings. The van der Waals surface area contributed by atoms with Crippen LogP contribution in [0.25, 0.3) is 5.57 Å². The van der Waals surface area contributed by atoms with E-state index in [1.54, 1.807) is 6.07 Å². The molecule has 1 aliphatic rings. The van der Waals surface area contributed by atoms with Gasteiger partial charge in [0.25, 0.3) is 0 Å². The van der Waals surface area contributed by atoms with E-state index in [1.807, 2.05) is 24.3 Å². The smallest absolute Gasteiger partial charge is 0.308 e. The fraction of sp³-hybridized carbons (Fsp3) is 0.286. The standard InChI is InChI=1S/C21H23NO3/c1-15(23)25-17-10-11-21-20(13-17)19(9-6-12-22(2)3)18-8-5-4-7-16(18)14-24-21/h4-5,7-11,13H,6,12,14H2,1-3H3. The number of esters is 1. The van der Waals surface area contributed by atoms with Gasteiger partial charge in [-0.05, 0) is 55.4 Å². The molecule has 0 amide bonds. The number of benzene rings is 2. The second-order valence-corrected chi connectivity index (χ2v) is 6.41. The highest BCUT2D eigenvalue weighted by Gasteiger charge is 2.19. The van der Waals surface area contributed by atoms with Crippen LogP contribution in [0.2, 0.25) is 0 Å². The minimum absolute atomic E-state index is 0.326. The molecule has 130 valence electrons. The normalized spacial score (nSPS) is 14.5. The lowest BCUT2D eigenvalue weighted by Crippen LogP contribution is -2.12. The first-order valence-corrected chi connectivity index (χ1v) is 8.43. The summed E-state index contributed by atoms with van der Waals surface area (Å²) in [7, 11) is 4.13. The Kier molecular flexibility index (Phi) is 5.19. The molecule has 2 aromatic carbocycles. The van der Waals surface area contributed by atoms with Crippen molar-refractivity contribution in [2.24, 2.45) is 0 Å². The second-order valence-electron chi connectivity index (χ2n) is 6.41. The van der Waals surface area contributed by atoms with Crippen LogP contribution in [0.15, 0.2) is 48.5 Å². The molecule has 0 saturated carbocycles. The SMILES string of the molecule is CC(=O)Oc1ccc2c(c1)C(=CCCN(C)C)c1ccccc1CO2. The van der Waals surface area contributed by atoms with Gasteiger partial charge in [0.1, 0.15) is 18.1 Å². The van der Waals surface area contributed by atoms with Crippen LogP contribution in [-0.2, 0) is 11.4 Å². The summed E-state index contributed by atoms with van der Waals surface area (Å²) >= 11 is 0. The van der Waals surface area contributed by atoms with Gasteiger partial charge in [0.2, 0.25) is 0 Å². The summed E-state index contributed by atoms with van der Waals surface area (Å²) in [5.74, 6) is 1.02. The maximum atomic E-state index is 11.3. The van der Waals surface area contributed by atoms with Crippen molar-refractivity contribution in [3.8, 4) is 11.5 Å². The molecule has 0 radical (unpaired) electrons. The van der Waals surface area contributed by atoms with E-state index in [0.29, 0.717) is 12.4 Å². The van der Waals surface area contributed by atoms with Gasteiger partial charge < -0.3 is 14.4 Å². The molecule has 0 unspecified atom stereocenters. The summed E-state index contributed by atoms with van der Waals surface area (Å²) in [6.45, 7) is 2.90. The molecular weight excluding hydrogens is 314 g/mol. The van der Waals surface area contributed by atoms with Gasteiger partial charge >= 0.3 is 5.97 Å². The lowest BCUT2D eigenvalue weighted by Gasteiger charge is -2.13. The first-order chi connectivity index (χ1) is 12.0. The zero-order valence-electron chi connectivity index (χ0n) is 14.9. The number of rotatable bonds is 4. The van der Waals surface area contributed by atoms with Gasteiger partial charge in [-0.1, -0.05) is 30.3 Å². The Morgan fingerprint density at radius 1 is 1.20 bits per heavy atom. The molecule has 1 heterocycles. The zero-order chi connectivity index (χ0) is 17.8. The van der Waals surface area contributed by atoms with Crippen LogP contribution in [-0.4, -0.2) is 31.5 Å². The van der Waals surface area contributed by atoms with E-state index in [4.69, 9.17) is 9.47 Å². The highest BCUT2D eigenvalue weighted by molar-refractivity contribution is 5.85.